The van der Waals surface area contributed by atoms with Crippen molar-refractivity contribution in [2.24, 2.45) is 10.2 Å². The molecule has 0 aromatic carbocycles. The van der Waals surface area contributed by atoms with Crippen LogP contribution in [0.25, 0.3) is 0 Å². The molecule has 0 amide bonds. The Bertz CT molecular complexity index is 654. The van der Waals surface area contributed by atoms with Crippen LogP contribution in [0.5, 0.6) is 0 Å². The first-order valence-corrected chi connectivity index (χ1v) is 10.2. The molecule has 0 atom stereocenters. The Balaban J connectivity index is 1.43. The third-order valence-corrected chi connectivity index (χ3v) is 4.38. The van der Waals surface area contributed by atoms with Crippen LogP contribution < -0.4 is 19.6 Å². The molecule has 28 heavy (non-hydrogen) atoms. The van der Waals surface area contributed by atoms with Gasteiger partial charge in [-0.3, -0.25) is 0 Å². The van der Waals surface area contributed by atoms with Crippen molar-refractivity contribution >= 4 is 11.8 Å². The molecule has 0 aliphatic carbocycles. The van der Waals surface area contributed by atoms with Crippen molar-refractivity contribution in [3.05, 3.63) is 61.2 Å². The molecule has 0 saturated carbocycles. The fourth-order valence-corrected chi connectivity index (χ4v) is 2.88. The number of rotatable bonds is 13. The summed E-state index contributed by atoms with van der Waals surface area (Å²) < 4.78 is 3.11. The zero-order chi connectivity index (χ0) is 19.9. The molecule has 0 N–H and O–H groups in total. The monoisotopic (exact) mass is 382 g/mol. The van der Waals surface area contributed by atoms with E-state index >= 15 is 0 Å². The molecule has 2 aromatic rings. The van der Waals surface area contributed by atoms with Crippen LogP contribution in [0.15, 0.2) is 71.4 Å². The lowest BCUT2D eigenvalue weighted by Crippen LogP contribution is -2.32. The van der Waals surface area contributed by atoms with E-state index in [2.05, 4.69) is 10.2 Å². The van der Waals surface area contributed by atoms with Gasteiger partial charge in [-0.05, 0) is 35.9 Å². The van der Waals surface area contributed by atoms with E-state index in [1.807, 2.05) is 36.4 Å². The molecule has 0 aliphatic heterocycles. The first kappa shape index (κ1) is 21.5. The zero-order valence-corrected chi connectivity index (χ0v) is 16.4. The van der Waals surface area contributed by atoms with E-state index in [-0.39, 0.29) is 11.8 Å². The van der Waals surface area contributed by atoms with E-state index in [1.165, 1.54) is 12.8 Å². The summed E-state index contributed by atoms with van der Waals surface area (Å²) in [5.41, 5.74) is 0. The van der Waals surface area contributed by atoms with Crippen LogP contribution in [-0.4, -0.2) is 11.8 Å². The van der Waals surface area contributed by atoms with Gasteiger partial charge in [0.1, 0.15) is 0 Å². The lowest BCUT2D eigenvalue weighted by atomic mass is 10.1. The third kappa shape index (κ3) is 9.80. The van der Waals surface area contributed by atoms with Crippen LogP contribution >= 0.6 is 0 Å². The normalized spacial score (nSPS) is 12.3. The summed E-state index contributed by atoms with van der Waals surface area (Å²) in [6.45, 7) is 0. The van der Waals surface area contributed by atoms with E-state index in [1.54, 1.807) is 34.1 Å². The molecular formula is C22H30N4O2. The number of pyridine rings is 2. The highest BCUT2D eigenvalue weighted by atomic mass is 16.3. The molecule has 0 saturated heterocycles. The average molecular weight is 383 g/mol. The van der Waals surface area contributed by atoms with Gasteiger partial charge in [-0.1, -0.05) is 60.0 Å². The average Bonchev–Trinajstić information content (AvgIpc) is 2.71. The topological polar surface area (TPSA) is 78.6 Å². The van der Waals surface area contributed by atoms with Gasteiger partial charge in [0.2, 0.25) is 24.8 Å². The van der Waals surface area contributed by atoms with E-state index < -0.39 is 0 Å². The summed E-state index contributed by atoms with van der Waals surface area (Å²) in [4.78, 5) is 0. The fraction of sp³-hybridized carbons (Fsp3) is 0.455. The Labute approximate surface area is 167 Å². The van der Waals surface area contributed by atoms with Gasteiger partial charge in [-0.15, -0.1) is 0 Å². The molecule has 6 heteroatoms. The van der Waals surface area contributed by atoms with Crippen LogP contribution in [0.1, 0.15) is 64.2 Å². The molecule has 2 rings (SSSR count). The molecule has 0 radical (unpaired) electrons. The van der Waals surface area contributed by atoms with Crippen molar-refractivity contribution in [1.82, 2.24) is 0 Å². The number of hydrogen-bond acceptors (Lipinski definition) is 4. The lowest BCUT2D eigenvalue weighted by Gasteiger charge is -2.07. The second kappa shape index (κ2) is 13.4. The van der Waals surface area contributed by atoms with Gasteiger partial charge in [0, 0.05) is 36.1 Å². The summed E-state index contributed by atoms with van der Waals surface area (Å²) >= 11 is 0. The fourth-order valence-electron chi connectivity index (χ4n) is 2.88. The first-order chi connectivity index (χ1) is 13.7. The highest BCUT2D eigenvalue weighted by Crippen LogP contribution is 2.10. The summed E-state index contributed by atoms with van der Waals surface area (Å²) in [6, 6.07) is 11.2. The zero-order valence-electron chi connectivity index (χ0n) is 16.4. The summed E-state index contributed by atoms with van der Waals surface area (Å²) in [5, 5.41) is 31.5. The molecule has 0 aliphatic rings. The van der Waals surface area contributed by atoms with E-state index in [4.69, 9.17) is 0 Å². The first-order valence-electron chi connectivity index (χ1n) is 10.2. The highest BCUT2D eigenvalue weighted by molar-refractivity contribution is 5.70. The van der Waals surface area contributed by atoms with Crippen molar-refractivity contribution in [3.63, 3.8) is 0 Å². The Morgan fingerprint density at radius 3 is 1.18 bits per heavy atom. The molecule has 0 spiro atoms. The second-order valence-electron chi connectivity index (χ2n) is 6.83. The molecule has 2 aromatic heterocycles. The predicted molar refractivity (Wildman–Crippen MR) is 105 cm³/mol. The van der Waals surface area contributed by atoms with Gasteiger partial charge in [0.25, 0.3) is 0 Å². The van der Waals surface area contributed by atoms with Crippen molar-refractivity contribution < 1.29 is 19.6 Å². The smallest absolute Gasteiger partial charge is 0.202 e. The van der Waals surface area contributed by atoms with E-state index in [0.717, 1.165) is 38.5 Å². The van der Waals surface area contributed by atoms with Crippen molar-refractivity contribution in [3.8, 4) is 0 Å². The Kier molecular flexibility index (Phi) is 10.3. The Hall–Kier alpha value is -2.76. The van der Waals surface area contributed by atoms with Crippen LogP contribution in [0.4, 0.5) is 0 Å². The number of hydrogen-bond donors (Lipinski definition) is 0. The highest BCUT2D eigenvalue weighted by Gasteiger charge is 1.98. The number of unbranched alkanes of at least 4 members (excludes halogenated alkanes) is 7. The molecule has 0 fully saturated rings. The minimum absolute atomic E-state index is 0.0695. The van der Waals surface area contributed by atoms with Gasteiger partial charge in [-0.25, -0.2) is 0 Å². The van der Waals surface area contributed by atoms with Gasteiger partial charge in [-0.2, -0.15) is 0 Å². The summed E-state index contributed by atoms with van der Waals surface area (Å²) in [7, 11) is 0. The Morgan fingerprint density at radius 1 is 0.500 bits per heavy atom. The predicted octanol–water partition coefficient (Wildman–Crippen LogP) is 1.91. The standard InChI is InChI=1S/C22H30N4O2/c27-21(23-25-17-11-7-12-18-25)15-9-5-3-1-2-4-6-10-16-22(28)24-26-19-13-8-14-20-26/h7-8,11-14,17-20H,1-6,9-10,15-16H2. The summed E-state index contributed by atoms with van der Waals surface area (Å²) in [5.74, 6) is -0.139. The molecular weight excluding hydrogens is 352 g/mol. The van der Waals surface area contributed by atoms with Gasteiger partial charge >= 0.3 is 0 Å². The maximum absolute atomic E-state index is 11.8. The van der Waals surface area contributed by atoms with E-state index in [0.29, 0.717) is 12.8 Å². The van der Waals surface area contributed by atoms with Gasteiger partial charge < -0.3 is 10.2 Å². The van der Waals surface area contributed by atoms with Crippen LogP contribution in [0, 0.1) is 0 Å². The Morgan fingerprint density at radius 2 is 0.821 bits per heavy atom. The van der Waals surface area contributed by atoms with Gasteiger partial charge in [0.15, 0.2) is 0 Å². The van der Waals surface area contributed by atoms with Crippen molar-refractivity contribution in [2.45, 2.75) is 64.2 Å². The van der Waals surface area contributed by atoms with E-state index in [9.17, 15) is 10.2 Å². The minimum Gasteiger partial charge on any atom is -0.858 e. The second-order valence-corrected chi connectivity index (χ2v) is 6.83. The van der Waals surface area contributed by atoms with Crippen molar-refractivity contribution in [2.75, 3.05) is 0 Å². The molecule has 150 valence electrons. The minimum atomic E-state index is -0.0695. The molecule has 6 nitrogen and oxygen atoms in total. The molecule has 2 heterocycles. The largest absolute Gasteiger partial charge is 0.858 e. The van der Waals surface area contributed by atoms with Crippen LogP contribution in [0.2, 0.25) is 0 Å². The SMILES string of the molecule is [O-]/C(CCCCCCCCCC/C([O-])=N/[n+]1ccccc1)=N\[n+]1ccccc1. The van der Waals surface area contributed by atoms with Gasteiger partial charge in [0.05, 0.1) is 0 Å². The maximum Gasteiger partial charge on any atom is 0.202 e. The number of aromatic nitrogens is 2. The third-order valence-electron chi connectivity index (χ3n) is 4.38. The maximum atomic E-state index is 11.8. The van der Waals surface area contributed by atoms with Crippen LogP contribution in [-0.2, 0) is 0 Å². The van der Waals surface area contributed by atoms with Crippen LogP contribution in [0.3, 0.4) is 0 Å². The number of nitrogens with zero attached hydrogens (tertiary/aromatic N) is 4. The summed E-state index contributed by atoms with van der Waals surface area (Å²) in [6.07, 6.45) is 16.6. The molecule has 0 bridgehead atoms. The lowest BCUT2D eigenvalue weighted by molar-refractivity contribution is -0.681. The van der Waals surface area contributed by atoms with Crippen molar-refractivity contribution in [1.29, 1.82) is 0 Å². The quantitative estimate of drug-likeness (QED) is 0.230. The molecule has 0 unspecified atom stereocenters.